The van der Waals surface area contributed by atoms with Crippen molar-refractivity contribution in [3.8, 4) is 11.1 Å². The lowest BCUT2D eigenvalue weighted by Gasteiger charge is -2.36. The number of hydrogen-bond acceptors (Lipinski definition) is 8. The zero-order valence-electron chi connectivity index (χ0n) is 25.5. The normalized spacial score (nSPS) is 18.4. The van der Waals surface area contributed by atoms with E-state index in [2.05, 4.69) is 53.9 Å². The van der Waals surface area contributed by atoms with E-state index in [-0.39, 0.29) is 23.8 Å². The number of nitrogens with zero attached hydrogens (tertiary/aromatic N) is 4. The van der Waals surface area contributed by atoms with Crippen molar-refractivity contribution in [1.29, 1.82) is 0 Å². The molecule has 3 heterocycles. The lowest BCUT2D eigenvalue weighted by atomic mass is 10.1. The van der Waals surface area contributed by atoms with Gasteiger partial charge in [-0.1, -0.05) is 44.1 Å². The Labute approximate surface area is 245 Å². The molecule has 0 N–H and O–H groups in total. The predicted octanol–water partition coefficient (Wildman–Crippen LogP) is 7.10. The number of rotatable bonds is 12. The van der Waals surface area contributed by atoms with Crippen LogP contribution in [0.4, 0.5) is 10.3 Å². The molecule has 2 aromatic rings. The highest BCUT2D eigenvalue weighted by Crippen LogP contribution is 2.37. The van der Waals surface area contributed by atoms with Crippen molar-refractivity contribution in [2.75, 3.05) is 37.8 Å². The first-order valence-electron chi connectivity index (χ1n) is 15.0. The quantitative estimate of drug-likeness (QED) is 0.149. The predicted molar refractivity (Wildman–Crippen MR) is 163 cm³/mol. The van der Waals surface area contributed by atoms with E-state index >= 15 is 4.39 Å². The third-order valence-electron chi connectivity index (χ3n) is 8.31. The Morgan fingerprint density at radius 2 is 1.80 bits per heavy atom. The van der Waals surface area contributed by atoms with Crippen molar-refractivity contribution in [2.45, 2.75) is 96.7 Å². The molecule has 1 aromatic carbocycles. The minimum Gasteiger partial charge on any atom is -0.412 e. The third-order valence-corrected chi connectivity index (χ3v) is 12.8. The molecule has 2 saturated heterocycles. The first-order valence-corrected chi connectivity index (χ1v) is 17.9. The number of benzene rings is 1. The number of anilines is 1. The average Bonchev–Trinajstić information content (AvgIpc) is 2.96. The van der Waals surface area contributed by atoms with Crippen molar-refractivity contribution < 1.29 is 23.1 Å². The lowest BCUT2D eigenvalue weighted by Crippen LogP contribution is -2.40. The van der Waals surface area contributed by atoms with E-state index in [0.717, 1.165) is 63.9 Å². The summed E-state index contributed by atoms with van der Waals surface area (Å²) in [6.45, 7) is 14.8. The van der Waals surface area contributed by atoms with Gasteiger partial charge in [-0.3, -0.25) is 0 Å². The van der Waals surface area contributed by atoms with Crippen LogP contribution < -0.4 is 4.90 Å². The molecule has 0 saturated carbocycles. The molecule has 10 heteroatoms. The van der Waals surface area contributed by atoms with E-state index in [4.69, 9.17) is 18.7 Å². The minimum atomic E-state index is -1.98. The highest BCUT2D eigenvalue weighted by atomic mass is 28.4. The highest BCUT2D eigenvalue weighted by molar-refractivity contribution is 6.74. The molecule has 1 unspecified atom stereocenters. The fraction of sp³-hybridized carbons (Fsp3) is 0.645. The van der Waals surface area contributed by atoms with Gasteiger partial charge in [0.2, 0.25) is 5.95 Å². The summed E-state index contributed by atoms with van der Waals surface area (Å²) in [6, 6.07) is 5.43. The van der Waals surface area contributed by atoms with E-state index in [9.17, 15) is 0 Å². The molecule has 0 spiro atoms. The summed E-state index contributed by atoms with van der Waals surface area (Å²) in [5, 5.41) is 4.42. The molecule has 41 heavy (non-hydrogen) atoms. The Morgan fingerprint density at radius 1 is 1.07 bits per heavy atom. The van der Waals surface area contributed by atoms with E-state index in [1.54, 1.807) is 24.5 Å². The zero-order chi connectivity index (χ0) is 29.3. The van der Waals surface area contributed by atoms with Crippen LogP contribution in [0.1, 0.15) is 71.3 Å². The number of aromatic nitrogens is 2. The Morgan fingerprint density at radius 3 is 2.49 bits per heavy atom. The standard InChI is InChI=1S/C31H47FN4O4Si/c1-31(2,3)41(4,5)40-23-24-11-10-12-27(29(24)32)25-21-33-30(34-22-25)36-16-14-26(15-17-36)35-39-20-9-8-19-38-28-13-6-7-18-37-28/h10-12,21-22,28H,6-9,13-20,23H2,1-5H3. The third kappa shape index (κ3) is 9.04. The zero-order valence-corrected chi connectivity index (χ0v) is 26.5. The van der Waals surface area contributed by atoms with Gasteiger partial charge in [0, 0.05) is 68.2 Å². The Balaban J connectivity index is 1.21. The number of unbranched alkanes of at least 4 members (excludes halogenated alkanes) is 1. The van der Waals surface area contributed by atoms with Crippen LogP contribution in [-0.4, -0.2) is 63.2 Å². The summed E-state index contributed by atoms with van der Waals surface area (Å²) in [7, 11) is -1.98. The van der Waals surface area contributed by atoms with E-state index in [1.165, 1.54) is 6.42 Å². The van der Waals surface area contributed by atoms with E-state index < -0.39 is 8.32 Å². The van der Waals surface area contributed by atoms with Crippen LogP contribution in [0.5, 0.6) is 0 Å². The molecule has 0 bridgehead atoms. The van der Waals surface area contributed by atoms with E-state index in [0.29, 0.717) is 35.9 Å². The average molecular weight is 587 g/mol. The van der Waals surface area contributed by atoms with Crippen LogP contribution in [-0.2, 0) is 25.3 Å². The van der Waals surface area contributed by atoms with Gasteiger partial charge < -0.3 is 23.6 Å². The molecule has 2 aliphatic rings. The summed E-state index contributed by atoms with van der Waals surface area (Å²) in [4.78, 5) is 16.8. The Bertz CT molecular complexity index is 1120. The molecule has 226 valence electrons. The topological polar surface area (TPSA) is 78.3 Å². The van der Waals surface area contributed by atoms with Gasteiger partial charge in [0.1, 0.15) is 12.4 Å². The molecule has 0 amide bonds. The van der Waals surface area contributed by atoms with E-state index in [1.807, 2.05) is 6.07 Å². The van der Waals surface area contributed by atoms with Crippen LogP contribution in [0, 0.1) is 5.82 Å². The maximum atomic E-state index is 15.4. The maximum Gasteiger partial charge on any atom is 0.225 e. The van der Waals surface area contributed by atoms with Gasteiger partial charge in [0.15, 0.2) is 14.6 Å². The van der Waals surface area contributed by atoms with Crippen LogP contribution >= 0.6 is 0 Å². The molecule has 2 aliphatic heterocycles. The lowest BCUT2D eigenvalue weighted by molar-refractivity contribution is -0.163. The van der Waals surface area contributed by atoms with Crippen molar-refractivity contribution in [3.63, 3.8) is 0 Å². The Kier molecular flexibility index (Phi) is 11.3. The number of oxime groups is 1. The largest absolute Gasteiger partial charge is 0.412 e. The number of piperidine rings is 1. The minimum absolute atomic E-state index is 0.0276. The molecule has 8 nitrogen and oxygen atoms in total. The van der Waals surface area contributed by atoms with Crippen molar-refractivity contribution >= 4 is 20.0 Å². The number of ether oxygens (including phenoxy) is 2. The summed E-state index contributed by atoms with van der Waals surface area (Å²) in [5.41, 5.74) is 2.77. The van der Waals surface area contributed by atoms with Crippen LogP contribution in [0.3, 0.4) is 0 Å². The van der Waals surface area contributed by atoms with Gasteiger partial charge in [-0.15, -0.1) is 0 Å². The van der Waals surface area contributed by atoms with Gasteiger partial charge in [-0.2, -0.15) is 0 Å². The van der Waals surface area contributed by atoms with Crippen molar-refractivity contribution in [2.24, 2.45) is 5.16 Å². The second-order valence-corrected chi connectivity index (χ2v) is 17.3. The fourth-order valence-corrected chi connectivity index (χ4v) is 5.48. The molecule has 2 fully saturated rings. The van der Waals surface area contributed by atoms with Gasteiger partial charge in [0.25, 0.3) is 0 Å². The molecular formula is C31H47FN4O4Si. The molecular weight excluding hydrogens is 539 g/mol. The molecule has 4 rings (SSSR count). The van der Waals surface area contributed by atoms with Gasteiger partial charge in [0.05, 0.1) is 12.3 Å². The first-order chi connectivity index (χ1) is 19.6. The summed E-state index contributed by atoms with van der Waals surface area (Å²) in [6.07, 6.45) is 10.1. The summed E-state index contributed by atoms with van der Waals surface area (Å²) >= 11 is 0. The second-order valence-electron chi connectivity index (χ2n) is 12.5. The van der Waals surface area contributed by atoms with Gasteiger partial charge >= 0.3 is 0 Å². The number of hydrogen-bond donors (Lipinski definition) is 0. The SMILES string of the molecule is CC(C)(C)[Si](C)(C)OCc1cccc(-c2cnc(N3CCC(=NOCCCCOC4CCCCO4)CC3)nc2)c1F. The fourth-order valence-electron chi connectivity index (χ4n) is 4.53. The summed E-state index contributed by atoms with van der Waals surface area (Å²) in [5.74, 6) is 0.376. The van der Waals surface area contributed by atoms with Gasteiger partial charge in [-0.05, 0) is 50.2 Å². The smallest absolute Gasteiger partial charge is 0.225 e. The first kappa shape index (κ1) is 31.5. The monoisotopic (exact) mass is 586 g/mol. The maximum absolute atomic E-state index is 15.4. The van der Waals surface area contributed by atoms with Crippen molar-refractivity contribution in [3.05, 3.63) is 42.0 Å². The Hall–Kier alpha value is -2.40. The van der Waals surface area contributed by atoms with Crippen molar-refractivity contribution in [1.82, 2.24) is 9.97 Å². The van der Waals surface area contributed by atoms with Crippen LogP contribution in [0.2, 0.25) is 18.1 Å². The molecule has 0 radical (unpaired) electrons. The summed E-state index contributed by atoms with van der Waals surface area (Å²) < 4.78 is 33.0. The van der Waals surface area contributed by atoms with Gasteiger partial charge in [-0.25, -0.2) is 14.4 Å². The molecule has 1 atom stereocenters. The highest BCUT2D eigenvalue weighted by Gasteiger charge is 2.37. The second kappa shape index (κ2) is 14.7. The molecule has 1 aromatic heterocycles. The van der Waals surface area contributed by atoms with Crippen LogP contribution in [0.25, 0.3) is 11.1 Å². The molecule has 0 aliphatic carbocycles. The van der Waals surface area contributed by atoms with Crippen LogP contribution in [0.15, 0.2) is 35.7 Å². The number of halogens is 1.